The van der Waals surface area contributed by atoms with Crippen LogP contribution >= 0.6 is 38.6 Å². The van der Waals surface area contributed by atoms with Crippen molar-refractivity contribution in [2.75, 3.05) is 0 Å². The van der Waals surface area contributed by atoms with E-state index in [4.69, 9.17) is 0 Å². The van der Waals surface area contributed by atoms with Crippen molar-refractivity contribution < 1.29 is 0 Å². The first kappa shape index (κ1) is 10.5. The van der Waals surface area contributed by atoms with Gasteiger partial charge in [0.2, 0.25) is 0 Å². The molecule has 0 saturated heterocycles. The Morgan fingerprint density at radius 1 is 1.25 bits per heavy atom. The molecular weight excluding hydrogens is 304 g/mol. The summed E-state index contributed by atoms with van der Waals surface area (Å²) >= 11 is 6.94. The second kappa shape index (κ2) is 3.68. The summed E-state index contributed by atoms with van der Waals surface area (Å²) in [6, 6.07) is 4.16. The molecule has 0 fully saturated rings. The predicted molar refractivity (Wildman–Crippen MR) is 73.6 cm³/mol. The molecule has 16 heavy (non-hydrogen) atoms. The van der Waals surface area contributed by atoms with Crippen LogP contribution in [0.3, 0.4) is 0 Å². The van der Waals surface area contributed by atoms with Crippen LogP contribution in [0.1, 0.15) is 10.6 Å². The number of nitrogens with zero attached hydrogens (tertiary/aromatic N) is 2. The molecule has 0 aromatic carbocycles. The standard InChI is InChI=1S/C11H9BrN2S2/c1-6-7(2)15-11-13-8(5-14(6)11)9-3-4-10(12)16-9/h3-5H,1-2H3. The van der Waals surface area contributed by atoms with Crippen molar-refractivity contribution in [1.29, 1.82) is 0 Å². The monoisotopic (exact) mass is 312 g/mol. The van der Waals surface area contributed by atoms with Crippen molar-refractivity contribution in [2.45, 2.75) is 13.8 Å². The quantitative estimate of drug-likeness (QED) is 0.646. The molecule has 0 aliphatic rings. The molecule has 0 radical (unpaired) electrons. The number of halogens is 1. The minimum atomic E-state index is 1.06. The number of hydrogen-bond acceptors (Lipinski definition) is 3. The molecule has 82 valence electrons. The Morgan fingerprint density at radius 3 is 2.69 bits per heavy atom. The SMILES string of the molecule is Cc1sc2nc(-c3ccc(Br)s3)cn2c1C. The molecule has 0 spiro atoms. The summed E-state index contributed by atoms with van der Waals surface area (Å²) in [6.07, 6.45) is 2.12. The second-order valence-electron chi connectivity index (χ2n) is 3.63. The van der Waals surface area contributed by atoms with Gasteiger partial charge in [0.25, 0.3) is 0 Å². The summed E-state index contributed by atoms with van der Waals surface area (Å²) in [6.45, 7) is 4.27. The van der Waals surface area contributed by atoms with Gasteiger partial charge in [-0.1, -0.05) is 0 Å². The first-order valence-corrected chi connectivity index (χ1v) is 7.28. The number of thiazole rings is 1. The lowest BCUT2D eigenvalue weighted by atomic mass is 10.4. The zero-order valence-corrected chi connectivity index (χ0v) is 12.0. The molecule has 3 aromatic heterocycles. The third kappa shape index (κ3) is 1.54. The van der Waals surface area contributed by atoms with Crippen LogP contribution in [0, 0.1) is 13.8 Å². The number of imidazole rings is 1. The minimum Gasteiger partial charge on any atom is -0.294 e. The Hall–Kier alpha value is -0.650. The lowest BCUT2D eigenvalue weighted by Crippen LogP contribution is -1.81. The molecule has 0 amide bonds. The van der Waals surface area contributed by atoms with Gasteiger partial charge in [-0.25, -0.2) is 4.98 Å². The van der Waals surface area contributed by atoms with E-state index in [9.17, 15) is 0 Å². The zero-order valence-electron chi connectivity index (χ0n) is 8.82. The van der Waals surface area contributed by atoms with Crippen molar-refractivity contribution in [3.05, 3.63) is 32.7 Å². The van der Waals surface area contributed by atoms with Crippen LogP contribution in [0.25, 0.3) is 15.5 Å². The highest BCUT2D eigenvalue weighted by molar-refractivity contribution is 9.11. The summed E-state index contributed by atoms with van der Waals surface area (Å²) in [5.41, 5.74) is 2.35. The highest BCUT2D eigenvalue weighted by Gasteiger charge is 2.11. The maximum absolute atomic E-state index is 4.65. The topological polar surface area (TPSA) is 17.3 Å². The van der Waals surface area contributed by atoms with E-state index in [1.807, 2.05) is 0 Å². The van der Waals surface area contributed by atoms with Gasteiger partial charge in [-0.05, 0) is 41.9 Å². The Bertz CT molecular complexity index is 663. The fourth-order valence-corrected chi connectivity index (χ4v) is 3.92. The first-order chi connectivity index (χ1) is 7.65. The number of aryl methyl sites for hydroxylation is 2. The van der Waals surface area contributed by atoms with Crippen molar-refractivity contribution in [2.24, 2.45) is 0 Å². The zero-order chi connectivity index (χ0) is 11.3. The summed E-state index contributed by atoms with van der Waals surface area (Å²) in [4.78, 5) is 8.27. The smallest absolute Gasteiger partial charge is 0.194 e. The molecule has 0 aliphatic carbocycles. The molecule has 0 saturated carbocycles. The molecule has 3 rings (SSSR count). The predicted octanol–water partition coefficient (Wildman–Crippen LogP) is 4.50. The van der Waals surface area contributed by atoms with E-state index >= 15 is 0 Å². The van der Waals surface area contributed by atoms with E-state index in [-0.39, 0.29) is 0 Å². The maximum atomic E-state index is 4.65. The summed E-state index contributed by atoms with van der Waals surface area (Å²) in [5.74, 6) is 0. The molecule has 5 heteroatoms. The van der Waals surface area contributed by atoms with E-state index < -0.39 is 0 Å². The normalized spacial score (nSPS) is 11.4. The average molecular weight is 313 g/mol. The number of aromatic nitrogens is 2. The van der Waals surface area contributed by atoms with Gasteiger partial charge in [-0.15, -0.1) is 22.7 Å². The molecule has 0 unspecified atom stereocenters. The molecular formula is C11H9BrN2S2. The molecule has 0 aliphatic heterocycles. The Labute approximate surface area is 110 Å². The highest BCUT2D eigenvalue weighted by atomic mass is 79.9. The van der Waals surface area contributed by atoms with Gasteiger partial charge in [0.15, 0.2) is 4.96 Å². The van der Waals surface area contributed by atoms with Gasteiger partial charge in [0.1, 0.15) is 5.69 Å². The summed E-state index contributed by atoms with van der Waals surface area (Å²) < 4.78 is 3.31. The van der Waals surface area contributed by atoms with E-state index in [1.165, 1.54) is 15.4 Å². The van der Waals surface area contributed by atoms with Crippen LogP contribution in [0.5, 0.6) is 0 Å². The van der Waals surface area contributed by atoms with Crippen molar-refractivity contribution in [3.8, 4) is 10.6 Å². The molecule has 2 nitrogen and oxygen atoms in total. The lowest BCUT2D eigenvalue weighted by molar-refractivity contribution is 1.11. The van der Waals surface area contributed by atoms with E-state index in [1.54, 1.807) is 22.7 Å². The number of fused-ring (bicyclic) bond motifs is 1. The van der Waals surface area contributed by atoms with Gasteiger partial charge >= 0.3 is 0 Å². The van der Waals surface area contributed by atoms with E-state index in [2.05, 4.69) is 57.5 Å². The maximum Gasteiger partial charge on any atom is 0.194 e. The third-order valence-electron chi connectivity index (χ3n) is 2.61. The van der Waals surface area contributed by atoms with Crippen LogP contribution in [-0.4, -0.2) is 9.38 Å². The molecule has 3 aromatic rings. The third-order valence-corrected chi connectivity index (χ3v) is 5.33. The average Bonchev–Trinajstić information content (AvgIpc) is 2.87. The van der Waals surface area contributed by atoms with Crippen LogP contribution < -0.4 is 0 Å². The van der Waals surface area contributed by atoms with Gasteiger partial charge in [0.05, 0.1) is 8.66 Å². The van der Waals surface area contributed by atoms with Crippen molar-refractivity contribution >= 4 is 43.6 Å². The Balaban J connectivity index is 2.19. The summed E-state index contributed by atoms with van der Waals surface area (Å²) in [7, 11) is 0. The van der Waals surface area contributed by atoms with E-state index in [0.29, 0.717) is 0 Å². The fourth-order valence-electron chi connectivity index (χ4n) is 1.63. The Morgan fingerprint density at radius 2 is 2.06 bits per heavy atom. The van der Waals surface area contributed by atoms with Gasteiger partial charge < -0.3 is 0 Å². The molecule has 0 atom stereocenters. The molecule has 3 heterocycles. The number of rotatable bonds is 1. The summed E-state index contributed by atoms with van der Waals surface area (Å²) in [5, 5.41) is 0. The van der Waals surface area contributed by atoms with E-state index in [0.717, 1.165) is 14.4 Å². The van der Waals surface area contributed by atoms with Gasteiger partial charge in [-0.2, -0.15) is 0 Å². The van der Waals surface area contributed by atoms with Crippen molar-refractivity contribution in [3.63, 3.8) is 0 Å². The van der Waals surface area contributed by atoms with Crippen LogP contribution in [0.2, 0.25) is 0 Å². The highest BCUT2D eigenvalue weighted by Crippen LogP contribution is 2.32. The molecule has 0 bridgehead atoms. The fraction of sp³-hybridized carbons (Fsp3) is 0.182. The van der Waals surface area contributed by atoms with Gasteiger partial charge in [0, 0.05) is 16.8 Å². The molecule has 0 N–H and O–H groups in total. The largest absolute Gasteiger partial charge is 0.294 e. The second-order valence-corrected chi connectivity index (χ2v) is 7.27. The first-order valence-electron chi connectivity index (χ1n) is 4.86. The lowest BCUT2D eigenvalue weighted by Gasteiger charge is -1.90. The van der Waals surface area contributed by atoms with Crippen LogP contribution in [0.15, 0.2) is 22.1 Å². The van der Waals surface area contributed by atoms with Crippen LogP contribution in [-0.2, 0) is 0 Å². The number of thiophene rings is 1. The number of hydrogen-bond donors (Lipinski definition) is 0. The van der Waals surface area contributed by atoms with Crippen molar-refractivity contribution in [1.82, 2.24) is 9.38 Å². The van der Waals surface area contributed by atoms with Crippen LogP contribution in [0.4, 0.5) is 0 Å². The van der Waals surface area contributed by atoms with Gasteiger partial charge in [-0.3, -0.25) is 4.40 Å². The Kier molecular flexibility index (Phi) is 2.42. The minimum absolute atomic E-state index is 1.06.